The molecule has 1 fully saturated rings. The fourth-order valence-electron chi connectivity index (χ4n) is 3.18. The van der Waals surface area contributed by atoms with Gasteiger partial charge in [0.1, 0.15) is 12.0 Å². The van der Waals surface area contributed by atoms with Crippen molar-refractivity contribution in [3.63, 3.8) is 0 Å². The fraction of sp³-hybridized carbons (Fsp3) is 0.500. The third-order valence-corrected chi connectivity index (χ3v) is 5.00. The molecule has 10 nitrogen and oxygen atoms in total. The van der Waals surface area contributed by atoms with Crippen LogP contribution in [-0.2, 0) is 28.8 Å². The molecule has 0 radical (unpaired) electrons. The Morgan fingerprint density at radius 1 is 1.12 bits per heavy atom. The number of hydroxylamine groups is 1. The number of amides is 4. The van der Waals surface area contributed by atoms with E-state index in [2.05, 4.69) is 26.3 Å². The molecule has 1 aromatic carbocycles. The summed E-state index contributed by atoms with van der Waals surface area (Å²) in [4.78, 5) is 64.3. The first-order valence-corrected chi connectivity index (χ1v) is 10.8. The van der Waals surface area contributed by atoms with Gasteiger partial charge in [0.15, 0.2) is 0 Å². The van der Waals surface area contributed by atoms with Crippen molar-refractivity contribution in [3.8, 4) is 0 Å². The topological polar surface area (TPSA) is 143 Å². The predicted molar refractivity (Wildman–Crippen MR) is 116 cm³/mol. The van der Waals surface area contributed by atoms with E-state index in [1.165, 1.54) is 0 Å². The van der Waals surface area contributed by atoms with Crippen LogP contribution in [0.3, 0.4) is 0 Å². The van der Waals surface area contributed by atoms with Crippen LogP contribution in [0.5, 0.6) is 0 Å². The Morgan fingerprint density at radius 3 is 2.53 bits per heavy atom. The maximum Gasteiger partial charge on any atom is 0.331 e. The average molecular weight is 447 g/mol. The lowest BCUT2D eigenvalue weighted by Gasteiger charge is -2.20. The number of hydrogen-bond donors (Lipinski definition) is 4. The maximum atomic E-state index is 12.8. The molecule has 10 heteroatoms. The lowest BCUT2D eigenvalue weighted by atomic mass is 10.0. The Bertz CT molecular complexity index is 814. The molecule has 1 aliphatic rings. The smallest absolute Gasteiger partial charge is 0.331 e. The van der Waals surface area contributed by atoms with Crippen molar-refractivity contribution >= 4 is 35.3 Å². The Morgan fingerprint density at radius 2 is 1.88 bits per heavy atom. The zero-order chi connectivity index (χ0) is 23.3. The second-order valence-electron chi connectivity index (χ2n) is 7.50. The second-order valence-corrected chi connectivity index (χ2v) is 7.50. The maximum absolute atomic E-state index is 12.8. The van der Waals surface area contributed by atoms with Crippen LogP contribution in [0.1, 0.15) is 51.9 Å². The van der Waals surface area contributed by atoms with Gasteiger partial charge < -0.3 is 20.8 Å². The molecule has 2 rings (SSSR count). The second kappa shape index (κ2) is 13.1. The Labute approximate surface area is 186 Å². The number of para-hydroxylation sites is 1. The summed E-state index contributed by atoms with van der Waals surface area (Å²) in [6, 6.07) is 8.07. The fourth-order valence-corrected chi connectivity index (χ4v) is 3.18. The normalized spacial score (nSPS) is 15.9. The van der Waals surface area contributed by atoms with Gasteiger partial charge in [0, 0.05) is 25.1 Å². The molecule has 1 heterocycles. The van der Waals surface area contributed by atoms with E-state index in [-0.39, 0.29) is 24.7 Å². The molecule has 1 aromatic rings. The van der Waals surface area contributed by atoms with E-state index < -0.39 is 29.7 Å². The highest BCUT2D eigenvalue weighted by atomic mass is 16.7. The number of nitrogens with one attached hydrogen (secondary N) is 4. The highest BCUT2D eigenvalue weighted by molar-refractivity contribution is 6.04. The SMILES string of the molecule is CCC(=O)ONC(=O)CCCCC[C@H](NC(=O)C1CCNC1=O)C(=O)Nc1ccccc1. The van der Waals surface area contributed by atoms with Gasteiger partial charge in [-0.1, -0.05) is 38.0 Å². The van der Waals surface area contributed by atoms with Crippen LogP contribution in [0.2, 0.25) is 0 Å². The number of benzene rings is 1. The molecular formula is C22H30N4O6. The van der Waals surface area contributed by atoms with Gasteiger partial charge >= 0.3 is 5.97 Å². The van der Waals surface area contributed by atoms with Gasteiger partial charge in [-0.05, 0) is 31.4 Å². The van der Waals surface area contributed by atoms with Crippen molar-refractivity contribution in [2.24, 2.45) is 5.92 Å². The molecule has 0 aromatic heterocycles. The molecule has 1 unspecified atom stereocenters. The van der Waals surface area contributed by atoms with Crippen LogP contribution in [0.15, 0.2) is 30.3 Å². The summed E-state index contributed by atoms with van der Waals surface area (Å²) >= 11 is 0. The molecule has 1 aliphatic heterocycles. The molecule has 4 amide bonds. The monoisotopic (exact) mass is 446 g/mol. The van der Waals surface area contributed by atoms with Crippen molar-refractivity contribution in [2.45, 2.75) is 57.9 Å². The summed E-state index contributed by atoms with van der Waals surface area (Å²) in [6.07, 6.45) is 2.83. The molecule has 0 bridgehead atoms. The number of rotatable bonds is 11. The van der Waals surface area contributed by atoms with Gasteiger partial charge in [0.2, 0.25) is 17.7 Å². The van der Waals surface area contributed by atoms with Crippen LogP contribution < -0.4 is 21.4 Å². The van der Waals surface area contributed by atoms with E-state index in [0.717, 1.165) is 0 Å². The number of unbranched alkanes of at least 4 members (excludes halogenated alkanes) is 2. The van der Waals surface area contributed by atoms with Crippen LogP contribution in [0.25, 0.3) is 0 Å². The standard InChI is InChI=1S/C22H30N4O6/c1-2-19(28)32-26-18(27)12-8-4-7-11-17(22(31)24-15-9-5-3-6-10-15)25-21(30)16-13-14-23-20(16)29/h3,5-6,9-10,16-17H,2,4,7-8,11-14H2,1H3,(H,23,29)(H,24,31)(H,25,30)(H,26,27)/t16?,17-/m0/s1. The van der Waals surface area contributed by atoms with Crippen molar-refractivity contribution in [2.75, 3.05) is 11.9 Å². The lowest BCUT2D eigenvalue weighted by Crippen LogP contribution is -2.47. The first-order chi connectivity index (χ1) is 15.4. The van der Waals surface area contributed by atoms with Gasteiger partial charge in [0.25, 0.3) is 5.91 Å². The van der Waals surface area contributed by atoms with Crippen LogP contribution in [-0.4, -0.2) is 42.2 Å². The number of carbonyl (C=O) groups is 5. The largest absolute Gasteiger partial charge is 0.355 e. The van der Waals surface area contributed by atoms with E-state index in [1.54, 1.807) is 31.2 Å². The van der Waals surface area contributed by atoms with Gasteiger partial charge in [-0.3, -0.25) is 19.2 Å². The molecule has 174 valence electrons. The van der Waals surface area contributed by atoms with E-state index in [0.29, 0.717) is 44.3 Å². The van der Waals surface area contributed by atoms with Gasteiger partial charge in [-0.2, -0.15) is 5.48 Å². The minimum atomic E-state index is -0.810. The molecule has 32 heavy (non-hydrogen) atoms. The Hall–Kier alpha value is -3.43. The first-order valence-electron chi connectivity index (χ1n) is 10.8. The molecule has 2 atom stereocenters. The number of anilines is 1. The first kappa shape index (κ1) is 24.8. The van der Waals surface area contributed by atoms with Crippen molar-refractivity contribution in [1.29, 1.82) is 0 Å². The summed E-state index contributed by atoms with van der Waals surface area (Å²) in [5.74, 6) is -2.88. The van der Waals surface area contributed by atoms with Crippen LogP contribution in [0, 0.1) is 5.92 Å². The zero-order valence-electron chi connectivity index (χ0n) is 18.1. The third kappa shape index (κ3) is 8.37. The summed E-state index contributed by atoms with van der Waals surface area (Å²) in [5.41, 5.74) is 2.70. The van der Waals surface area contributed by atoms with Gasteiger partial charge in [0.05, 0.1) is 0 Å². The zero-order valence-corrected chi connectivity index (χ0v) is 18.1. The van der Waals surface area contributed by atoms with Crippen molar-refractivity contribution < 1.29 is 28.8 Å². The quantitative estimate of drug-likeness (QED) is 0.228. The molecule has 0 spiro atoms. The van der Waals surface area contributed by atoms with E-state index in [9.17, 15) is 24.0 Å². The van der Waals surface area contributed by atoms with Gasteiger partial charge in [-0.15, -0.1) is 0 Å². The Balaban J connectivity index is 1.83. The van der Waals surface area contributed by atoms with Crippen molar-refractivity contribution in [1.82, 2.24) is 16.1 Å². The van der Waals surface area contributed by atoms with E-state index >= 15 is 0 Å². The highest BCUT2D eigenvalue weighted by Gasteiger charge is 2.33. The Kier molecular flexibility index (Phi) is 10.2. The highest BCUT2D eigenvalue weighted by Crippen LogP contribution is 2.13. The van der Waals surface area contributed by atoms with Gasteiger partial charge in [-0.25, -0.2) is 4.79 Å². The number of carbonyl (C=O) groups excluding carboxylic acids is 5. The predicted octanol–water partition coefficient (Wildman–Crippen LogP) is 1.18. The summed E-state index contributed by atoms with van der Waals surface area (Å²) < 4.78 is 0. The molecule has 0 aliphatic carbocycles. The lowest BCUT2D eigenvalue weighted by molar-refractivity contribution is -0.158. The number of hydrogen-bond acceptors (Lipinski definition) is 6. The molecule has 4 N–H and O–H groups in total. The third-order valence-electron chi connectivity index (χ3n) is 5.00. The molecular weight excluding hydrogens is 416 g/mol. The minimum Gasteiger partial charge on any atom is -0.355 e. The van der Waals surface area contributed by atoms with E-state index in [4.69, 9.17) is 0 Å². The van der Waals surface area contributed by atoms with Crippen LogP contribution in [0.4, 0.5) is 5.69 Å². The van der Waals surface area contributed by atoms with Crippen molar-refractivity contribution in [3.05, 3.63) is 30.3 Å². The molecule has 1 saturated heterocycles. The average Bonchev–Trinajstić information content (AvgIpc) is 3.22. The van der Waals surface area contributed by atoms with Crippen LogP contribution >= 0.6 is 0 Å². The minimum absolute atomic E-state index is 0.168. The summed E-state index contributed by atoms with van der Waals surface area (Å²) in [7, 11) is 0. The summed E-state index contributed by atoms with van der Waals surface area (Å²) in [6.45, 7) is 2.06. The molecule has 0 saturated carbocycles. The summed E-state index contributed by atoms with van der Waals surface area (Å²) in [5, 5.41) is 8.09. The van der Waals surface area contributed by atoms with E-state index in [1.807, 2.05) is 6.07 Å².